The molecule has 2 aliphatic heterocycles. The summed E-state index contributed by atoms with van der Waals surface area (Å²) in [6, 6.07) is 11.7. The molecule has 4 heterocycles. The molecule has 1 aromatic carbocycles. The molecule has 0 aliphatic carbocycles. The maximum absolute atomic E-state index is 12.7. The molecular weight excluding hydrogens is 326 g/mol. The van der Waals surface area contributed by atoms with Gasteiger partial charge in [-0.3, -0.25) is 14.3 Å². The maximum atomic E-state index is 12.7. The summed E-state index contributed by atoms with van der Waals surface area (Å²) in [5, 5.41) is 0.965. The molecule has 5 rings (SSSR count). The quantitative estimate of drug-likeness (QED) is 0.566. The molecule has 0 atom stereocenters. The van der Waals surface area contributed by atoms with Gasteiger partial charge in [0.1, 0.15) is 18.1 Å². The molecule has 0 spiro atoms. The lowest BCUT2D eigenvalue weighted by Gasteiger charge is -2.26. The van der Waals surface area contributed by atoms with Crippen LogP contribution in [0.5, 0.6) is 5.75 Å². The Morgan fingerprint density at radius 3 is 2.77 bits per heavy atom. The highest BCUT2D eigenvalue weighted by Crippen LogP contribution is 2.42. The van der Waals surface area contributed by atoms with Crippen molar-refractivity contribution in [3.8, 4) is 17.0 Å². The number of hydrogen-bond acceptors (Lipinski definition) is 4. The smallest absolute Gasteiger partial charge is 0.281 e. The van der Waals surface area contributed by atoms with Crippen LogP contribution in [0.4, 0.5) is 0 Å². The third-order valence-corrected chi connectivity index (χ3v) is 5.37. The summed E-state index contributed by atoms with van der Waals surface area (Å²) in [4.78, 5) is 19.8. The van der Waals surface area contributed by atoms with Crippen molar-refractivity contribution in [1.82, 2.24) is 14.5 Å². The van der Waals surface area contributed by atoms with E-state index in [-0.39, 0.29) is 5.91 Å². The fraction of sp³-hybridized carbons (Fsp3) is 0.333. The fourth-order valence-corrected chi connectivity index (χ4v) is 4.06. The molecule has 0 bridgehead atoms. The second-order valence-electron chi connectivity index (χ2n) is 7.00. The van der Waals surface area contributed by atoms with Crippen molar-refractivity contribution in [2.75, 3.05) is 26.2 Å². The predicted octanol–water partition coefficient (Wildman–Crippen LogP) is 3.57. The third kappa shape index (κ3) is 2.42. The maximum Gasteiger partial charge on any atom is 0.281 e. The van der Waals surface area contributed by atoms with Crippen LogP contribution in [0.25, 0.3) is 22.2 Å². The average Bonchev–Trinajstić information content (AvgIpc) is 3.25. The van der Waals surface area contributed by atoms with Gasteiger partial charge in [-0.05, 0) is 50.2 Å². The molecular formula is C21H21N3O2. The Hall–Kier alpha value is -2.66. The predicted molar refractivity (Wildman–Crippen MR) is 101 cm³/mol. The minimum Gasteiger partial charge on any atom is -0.491 e. The van der Waals surface area contributed by atoms with Gasteiger partial charge >= 0.3 is 0 Å². The van der Waals surface area contributed by atoms with Crippen molar-refractivity contribution in [3.63, 3.8) is 0 Å². The summed E-state index contributed by atoms with van der Waals surface area (Å²) < 4.78 is 7.95. The van der Waals surface area contributed by atoms with E-state index in [9.17, 15) is 4.79 Å². The minimum absolute atomic E-state index is 0.0772. The number of aromatic nitrogens is 2. The lowest BCUT2D eigenvalue weighted by Crippen LogP contribution is -2.33. The standard InChI is InChI=1S/C21H21N3O2/c25-21-19-18(17-9-6-12-24(17)21)20(15-7-2-3-8-16(15)22-19)26-14-13-23-10-4-1-5-11-23/h2-3,6-9,12H,1,4-5,10-11,13-14H2. The number of carbonyl (C=O) groups is 1. The number of rotatable bonds is 4. The zero-order chi connectivity index (χ0) is 17.5. The van der Waals surface area contributed by atoms with Crippen LogP contribution < -0.4 is 4.74 Å². The van der Waals surface area contributed by atoms with Gasteiger partial charge in [-0.15, -0.1) is 0 Å². The Morgan fingerprint density at radius 2 is 1.88 bits per heavy atom. The second-order valence-corrected chi connectivity index (χ2v) is 7.00. The summed E-state index contributed by atoms with van der Waals surface area (Å²) >= 11 is 0. The molecule has 1 saturated heterocycles. The van der Waals surface area contributed by atoms with E-state index in [4.69, 9.17) is 4.74 Å². The van der Waals surface area contributed by atoms with Gasteiger partial charge in [0.05, 0.1) is 16.8 Å². The van der Waals surface area contributed by atoms with Crippen LogP contribution in [0, 0.1) is 0 Å². The van der Waals surface area contributed by atoms with Crippen LogP contribution in [0.3, 0.4) is 0 Å². The van der Waals surface area contributed by atoms with Gasteiger partial charge in [-0.2, -0.15) is 0 Å². The van der Waals surface area contributed by atoms with Gasteiger partial charge in [0, 0.05) is 18.1 Å². The van der Waals surface area contributed by atoms with E-state index in [1.54, 1.807) is 10.8 Å². The van der Waals surface area contributed by atoms with Crippen molar-refractivity contribution >= 4 is 16.8 Å². The van der Waals surface area contributed by atoms with E-state index < -0.39 is 0 Å². The minimum atomic E-state index is -0.0772. The van der Waals surface area contributed by atoms with Crippen molar-refractivity contribution in [2.24, 2.45) is 0 Å². The van der Waals surface area contributed by atoms with E-state index in [1.165, 1.54) is 19.3 Å². The number of carbonyl (C=O) groups excluding carboxylic acids is 1. The fourth-order valence-electron chi connectivity index (χ4n) is 4.06. The van der Waals surface area contributed by atoms with Gasteiger partial charge in [0.15, 0.2) is 0 Å². The van der Waals surface area contributed by atoms with Crippen molar-refractivity contribution in [2.45, 2.75) is 19.3 Å². The van der Waals surface area contributed by atoms with Crippen LogP contribution in [0.2, 0.25) is 0 Å². The largest absolute Gasteiger partial charge is 0.491 e. The lowest BCUT2D eigenvalue weighted by molar-refractivity contribution is 0.0965. The highest BCUT2D eigenvalue weighted by Gasteiger charge is 2.32. The molecule has 5 heteroatoms. The molecule has 0 saturated carbocycles. The van der Waals surface area contributed by atoms with Crippen molar-refractivity contribution in [3.05, 3.63) is 48.3 Å². The van der Waals surface area contributed by atoms with Gasteiger partial charge in [0.25, 0.3) is 5.91 Å². The summed E-state index contributed by atoms with van der Waals surface area (Å²) in [6.07, 6.45) is 5.67. The highest BCUT2D eigenvalue weighted by atomic mass is 16.5. The first-order valence-electron chi connectivity index (χ1n) is 9.33. The molecule has 26 heavy (non-hydrogen) atoms. The Morgan fingerprint density at radius 1 is 1.04 bits per heavy atom. The normalized spacial score (nSPS) is 16.7. The first kappa shape index (κ1) is 15.6. The number of pyridine rings is 1. The Balaban J connectivity index is 1.53. The molecule has 2 aromatic heterocycles. The van der Waals surface area contributed by atoms with Gasteiger partial charge in [-0.1, -0.05) is 18.6 Å². The first-order chi connectivity index (χ1) is 12.8. The van der Waals surface area contributed by atoms with Gasteiger partial charge in [-0.25, -0.2) is 4.98 Å². The van der Waals surface area contributed by atoms with Gasteiger partial charge < -0.3 is 4.74 Å². The SMILES string of the molecule is O=C1c2nc3ccccc3c(OCCN3CCCCC3)c2-c2cccn21. The molecule has 0 radical (unpaired) electrons. The molecule has 0 amide bonds. The van der Waals surface area contributed by atoms with Crippen LogP contribution in [0.15, 0.2) is 42.6 Å². The summed E-state index contributed by atoms with van der Waals surface area (Å²) in [5.74, 6) is 0.708. The Labute approximate surface area is 152 Å². The topological polar surface area (TPSA) is 47.4 Å². The number of para-hydroxylation sites is 1. The molecule has 5 nitrogen and oxygen atoms in total. The number of hydrogen-bond donors (Lipinski definition) is 0. The molecule has 2 aliphatic rings. The number of fused-ring (bicyclic) bond motifs is 4. The molecule has 3 aromatic rings. The first-order valence-corrected chi connectivity index (χ1v) is 9.33. The summed E-state index contributed by atoms with van der Waals surface area (Å²) in [6.45, 7) is 3.84. The highest BCUT2D eigenvalue weighted by molar-refractivity contribution is 6.12. The van der Waals surface area contributed by atoms with Crippen LogP contribution in [-0.4, -0.2) is 46.6 Å². The van der Waals surface area contributed by atoms with Crippen LogP contribution >= 0.6 is 0 Å². The zero-order valence-corrected chi connectivity index (χ0v) is 14.6. The van der Waals surface area contributed by atoms with Crippen LogP contribution in [0.1, 0.15) is 29.8 Å². The molecule has 0 unspecified atom stereocenters. The van der Waals surface area contributed by atoms with Crippen LogP contribution in [-0.2, 0) is 0 Å². The Kier molecular flexibility index (Phi) is 3.75. The van der Waals surface area contributed by atoms with Gasteiger partial charge in [0.2, 0.25) is 0 Å². The van der Waals surface area contributed by atoms with E-state index in [0.717, 1.165) is 47.5 Å². The van der Waals surface area contributed by atoms with Crippen molar-refractivity contribution < 1.29 is 9.53 Å². The van der Waals surface area contributed by atoms with Crippen molar-refractivity contribution in [1.29, 1.82) is 0 Å². The number of benzene rings is 1. The molecule has 0 N–H and O–H groups in total. The number of likely N-dealkylation sites (tertiary alicyclic amines) is 1. The lowest BCUT2D eigenvalue weighted by atomic mass is 10.1. The van der Waals surface area contributed by atoms with E-state index >= 15 is 0 Å². The number of ether oxygens (including phenoxy) is 1. The van der Waals surface area contributed by atoms with E-state index in [1.807, 2.05) is 36.4 Å². The number of nitrogens with zero attached hydrogens (tertiary/aromatic N) is 3. The summed E-state index contributed by atoms with van der Waals surface area (Å²) in [7, 11) is 0. The molecule has 1 fully saturated rings. The second kappa shape index (κ2) is 6.25. The average molecular weight is 347 g/mol. The van der Waals surface area contributed by atoms with E-state index in [0.29, 0.717) is 12.3 Å². The third-order valence-electron chi connectivity index (χ3n) is 5.37. The zero-order valence-electron chi connectivity index (χ0n) is 14.6. The molecule has 132 valence electrons. The monoisotopic (exact) mass is 347 g/mol. The Bertz CT molecular complexity index is 986. The summed E-state index contributed by atoms with van der Waals surface area (Å²) in [5.41, 5.74) is 3.00. The number of piperidine rings is 1. The van der Waals surface area contributed by atoms with E-state index in [2.05, 4.69) is 9.88 Å².